The van der Waals surface area contributed by atoms with Gasteiger partial charge in [-0.05, 0) is 26.0 Å². The number of pyridine rings is 1. The van der Waals surface area contributed by atoms with Crippen molar-refractivity contribution in [2.75, 3.05) is 5.32 Å². The van der Waals surface area contributed by atoms with Gasteiger partial charge in [-0.2, -0.15) is 0 Å². The number of aromatic hydroxyl groups is 1. The van der Waals surface area contributed by atoms with E-state index in [0.29, 0.717) is 12.1 Å². The van der Waals surface area contributed by atoms with Crippen molar-refractivity contribution >= 4 is 5.69 Å². The van der Waals surface area contributed by atoms with Crippen molar-refractivity contribution in [3.63, 3.8) is 0 Å². The summed E-state index contributed by atoms with van der Waals surface area (Å²) in [6.45, 7) is 4.33. The lowest BCUT2D eigenvalue weighted by Gasteiger charge is -2.17. The van der Waals surface area contributed by atoms with Crippen LogP contribution in [0.25, 0.3) is 0 Å². The molecule has 2 aromatic rings. The minimum atomic E-state index is -0.474. The highest BCUT2D eigenvalue weighted by molar-refractivity contribution is 5.45. The average molecular weight is 276 g/mol. The van der Waals surface area contributed by atoms with Gasteiger partial charge in [-0.25, -0.2) is 4.39 Å². The SMILES string of the molecule is CCn1cc(NC(C)c2ccc(F)cc2O)ccc1=O. The van der Waals surface area contributed by atoms with Crippen LogP contribution in [0.1, 0.15) is 25.5 Å². The monoisotopic (exact) mass is 276 g/mol. The van der Waals surface area contributed by atoms with Crippen LogP contribution < -0.4 is 10.9 Å². The lowest BCUT2D eigenvalue weighted by atomic mass is 10.1. The van der Waals surface area contributed by atoms with E-state index in [1.807, 2.05) is 13.8 Å². The third-order valence-electron chi connectivity index (χ3n) is 3.17. The fraction of sp³-hybridized carbons (Fsp3) is 0.267. The first-order valence-electron chi connectivity index (χ1n) is 6.46. The highest BCUT2D eigenvalue weighted by Gasteiger charge is 2.11. The molecule has 1 aromatic heterocycles. The van der Waals surface area contributed by atoms with Crippen molar-refractivity contribution in [1.82, 2.24) is 4.57 Å². The highest BCUT2D eigenvalue weighted by Crippen LogP contribution is 2.27. The van der Waals surface area contributed by atoms with E-state index in [-0.39, 0.29) is 17.4 Å². The third kappa shape index (κ3) is 2.99. The van der Waals surface area contributed by atoms with E-state index in [1.54, 1.807) is 16.8 Å². The van der Waals surface area contributed by atoms with E-state index in [4.69, 9.17) is 0 Å². The largest absolute Gasteiger partial charge is 0.507 e. The van der Waals surface area contributed by atoms with E-state index in [1.165, 1.54) is 18.2 Å². The summed E-state index contributed by atoms with van der Waals surface area (Å²) >= 11 is 0. The van der Waals surface area contributed by atoms with Gasteiger partial charge < -0.3 is 15.0 Å². The number of anilines is 1. The first-order chi connectivity index (χ1) is 9.51. The molecule has 2 rings (SSSR count). The molecule has 1 atom stereocenters. The summed E-state index contributed by atoms with van der Waals surface area (Å²) in [5.41, 5.74) is 1.30. The number of aromatic nitrogens is 1. The van der Waals surface area contributed by atoms with Crippen molar-refractivity contribution in [2.24, 2.45) is 0 Å². The van der Waals surface area contributed by atoms with E-state index < -0.39 is 5.82 Å². The molecule has 0 radical (unpaired) electrons. The molecule has 20 heavy (non-hydrogen) atoms. The normalized spacial score (nSPS) is 12.2. The van der Waals surface area contributed by atoms with Gasteiger partial charge in [-0.1, -0.05) is 6.07 Å². The first-order valence-corrected chi connectivity index (χ1v) is 6.46. The molecule has 0 aliphatic heterocycles. The number of hydrogen-bond donors (Lipinski definition) is 2. The molecule has 0 bridgehead atoms. The Bertz CT molecular complexity index is 667. The first kappa shape index (κ1) is 14.1. The fourth-order valence-electron chi connectivity index (χ4n) is 2.07. The van der Waals surface area contributed by atoms with Crippen molar-refractivity contribution in [2.45, 2.75) is 26.4 Å². The molecule has 0 aliphatic carbocycles. The number of phenols is 1. The molecule has 106 valence electrons. The smallest absolute Gasteiger partial charge is 0.250 e. The number of benzene rings is 1. The Hall–Kier alpha value is -2.30. The van der Waals surface area contributed by atoms with E-state index in [2.05, 4.69) is 5.32 Å². The zero-order valence-electron chi connectivity index (χ0n) is 11.4. The third-order valence-corrected chi connectivity index (χ3v) is 3.17. The van der Waals surface area contributed by atoms with Crippen molar-refractivity contribution in [3.05, 3.63) is 58.3 Å². The molecule has 1 unspecified atom stereocenters. The molecule has 1 heterocycles. The predicted octanol–water partition coefficient (Wildman–Crippen LogP) is 2.89. The Morgan fingerprint density at radius 2 is 2.10 bits per heavy atom. The number of nitrogens with one attached hydrogen (secondary N) is 1. The van der Waals surface area contributed by atoms with Gasteiger partial charge in [-0.3, -0.25) is 4.79 Å². The molecule has 1 aromatic carbocycles. The molecule has 0 fully saturated rings. The highest BCUT2D eigenvalue weighted by atomic mass is 19.1. The van der Waals surface area contributed by atoms with Crippen LogP contribution in [0.4, 0.5) is 10.1 Å². The van der Waals surface area contributed by atoms with Gasteiger partial charge in [0.2, 0.25) is 0 Å². The van der Waals surface area contributed by atoms with Crippen LogP contribution in [0.2, 0.25) is 0 Å². The van der Waals surface area contributed by atoms with Crippen LogP contribution in [-0.4, -0.2) is 9.67 Å². The number of hydrogen-bond acceptors (Lipinski definition) is 3. The molecule has 5 heteroatoms. The maximum Gasteiger partial charge on any atom is 0.250 e. The Morgan fingerprint density at radius 1 is 1.35 bits per heavy atom. The molecule has 2 N–H and O–H groups in total. The van der Waals surface area contributed by atoms with Gasteiger partial charge in [0, 0.05) is 30.4 Å². The number of phenolic OH excluding ortho intramolecular Hbond substituents is 1. The number of aryl methyl sites for hydroxylation is 1. The van der Waals surface area contributed by atoms with Crippen LogP contribution in [0.5, 0.6) is 5.75 Å². The molecule has 0 spiro atoms. The van der Waals surface area contributed by atoms with Gasteiger partial charge >= 0.3 is 0 Å². The van der Waals surface area contributed by atoms with Gasteiger partial charge in [-0.15, -0.1) is 0 Å². The Labute approximate surface area is 116 Å². The Balaban J connectivity index is 2.23. The Kier molecular flexibility index (Phi) is 4.08. The summed E-state index contributed by atoms with van der Waals surface area (Å²) in [5, 5.41) is 12.9. The fourth-order valence-corrected chi connectivity index (χ4v) is 2.07. The lowest BCUT2D eigenvalue weighted by Crippen LogP contribution is -2.18. The topological polar surface area (TPSA) is 54.3 Å². The molecule has 0 amide bonds. The van der Waals surface area contributed by atoms with Gasteiger partial charge in [0.15, 0.2) is 0 Å². The van der Waals surface area contributed by atoms with E-state index in [9.17, 15) is 14.3 Å². The maximum absolute atomic E-state index is 13.0. The quantitative estimate of drug-likeness (QED) is 0.902. The summed E-state index contributed by atoms with van der Waals surface area (Å²) in [5.74, 6) is -0.563. The number of halogens is 1. The molecular formula is C15H17FN2O2. The van der Waals surface area contributed by atoms with Crippen LogP contribution >= 0.6 is 0 Å². The summed E-state index contributed by atoms with van der Waals surface area (Å²) in [6, 6.07) is 6.89. The van der Waals surface area contributed by atoms with E-state index >= 15 is 0 Å². The van der Waals surface area contributed by atoms with Crippen LogP contribution in [-0.2, 0) is 6.54 Å². The molecule has 0 saturated heterocycles. The van der Waals surface area contributed by atoms with Crippen LogP contribution in [0.15, 0.2) is 41.3 Å². The number of rotatable bonds is 4. The second-order valence-electron chi connectivity index (χ2n) is 4.61. The maximum atomic E-state index is 13.0. The van der Waals surface area contributed by atoms with Gasteiger partial charge in [0.1, 0.15) is 11.6 Å². The molecule has 0 saturated carbocycles. The van der Waals surface area contributed by atoms with Crippen molar-refractivity contribution in [3.8, 4) is 5.75 Å². The zero-order valence-corrected chi connectivity index (χ0v) is 11.4. The van der Waals surface area contributed by atoms with Crippen molar-refractivity contribution in [1.29, 1.82) is 0 Å². The second kappa shape index (κ2) is 5.77. The van der Waals surface area contributed by atoms with Gasteiger partial charge in [0.25, 0.3) is 5.56 Å². The molecular weight excluding hydrogens is 259 g/mol. The van der Waals surface area contributed by atoms with Crippen LogP contribution in [0.3, 0.4) is 0 Å². The summed E-state index contributed by atoms with van der Waals surface area (Å²) < 4.78 is 14.5. The molecule has 0 aliphatic rings. The van der Waals surface area contributed by atoms with Gasteiger partial charge in [0.05, 0.1) is 11.7 Å². The Morgan fingerprint density at radius 3 is 2.75 bits per heavy atom. The average Bonchev–Trinajstić information content (AvgIpc) is 2.40. The minimum Gasteiger partial charge on any atom is -0.507 e. The summed E-state index contributed by atoms with van der Waals surface area (Å²) in [6.07, 6.45) is 1.72. The second-order valence-corrected chi connectivity index (χ2v) is 4.61. The van der Waals surface area contributed by atoms with Crippen molar-refractivity contribution < 1.29 is 9.50 Å². The minimum absolute atomic E-state index is 0.0599. The lowest BCUT2D eigenvalue weighted by molar-refractivity contribution is 0.459. The summed E-state index contributed by atoms with van der Waals surface area (Å²) in [7, 11) is 0. The van der Waals surface area contributed by atoms with Crippen LogP contribution in [0, 0.1) is 5.82 Å². The standard InChI is InChI=1S/C15H17FN2O2/c1-3-18-9-12(5-7-15(18)20)17-10(2)13-6-4-11(16)8-14(13)19/h4-10,17,19H,3H2,1-2H3. The summed E-state index contributed by atoms with van der Waals surface area (Å²) in [4.78, 5) is 11.5. The predicted molar refractivity (Wildman–Crippen MR) is 76.5 cm³/mol. The molecule has 4 nitrogen and oxygen atoms in total. The number of nitrogens with zero attached hydrogens (tertiary/aromatic N) is 1. The zero-order chi connectivity index (χ0) is 14.7. The van der Waals surface area contributed by atoms with E-state index in [0.717, 1.165) is 11.8 Å².